The van der Waals surface area contributed by atoms with Crippen LogP contribution in [0.1, 0.15) is 16.7 Å². The maximum Gasteiger partial charge on any atom is 0.293 e. The highest BCUT2D eigenvalue weighted by molar-refractivity contribution is 8.18. The number of benzene rings is 3. The molecule has 0 atom stereocenters. The standard InChI is InChI=1S/C24H16F2N2O5S/c25-18-5-1-15(2-6-18)13-27-23(29)22(34-24(27)30)12-17-11-20(28(31)32)9-10-21(17)33-14-16-3-7-19(26)8-4-16/h1-12H,13-14H2/b22-12-. The SMILES string of the molecule is O=C1S/C(=C\c2cc([N+](=O)[O-])ccc2OCc2ccc(F)cc2)C(=O)N1Cc1ccc(F)cc1. The van der Waals surface area contributed by atoms with Crippen molar-refractivity contribution in [1.82, 2.24) is 4.90 Å². The molecule has 7 nitrogen and oxygen atoms in total. The number of hydrogen-bond donors (Lipinski definition) is 0. The summed E-state index contributed by atoms with van der Waals surface area (Å²) in [7, 11) is 0. The molecule has 1 aliphatic rings. The second-order valence-corrected chi connectivity index (χ2v) is 8.28. The van der Waals surface area contributed by atoms with Crippen molar-refractivity contribution >= 4 is 34.7 Å². The number of amides is 2. The van der Waals surface area contributed by atoms with Gasteiger partial charge in [-0.2, -0.15) is 0 Å². The van der Waals surface area contributed by atoms with Crippen molar-refractivity contribution in [2.75, 3.05) is 0 Å². The van der Waals surface area contributed by atoms with E-state index in [0.29, 0.717) is 22.9 Å². The molecule has 1 saturated heterocycles. The van der Waals surface area contributed by atoms with Crippen LogP contribution < -0.4 is 4.74 Å². The minimum absolute atomic E-state index is 0.0366. The molecule has 0 aliphatic carbocycles. The lowest BCUT2D eigenvalue weighted by atomic mass is 10.1. The average Bonchev–Trinajstić information content (AvgIpc) is 3.08. The molecule has 0 unspecified atom stereocenters. The van der Waals surface area contributed by atoms with Crippen LogP contribution in [0.4, 0.5) is 19.3 Å². The van der Waals surface area contributed by atoms with Crippen LogP contribution in [0.25, 0.3) is 6.08 Å². The number of rotatable bonds is 7. The highest BCUT2D eigenvalue weighted by Crippen LogP contribution is 2.36. The number of hydrogen-bond acceptors (Lipinski definition) is 6. The smallest absolute Gasteiger partial charge is 0.293 e. The van der Waals surface area contributed by atoms with Gasteiger partial charge in [0.1, 0.15) is 24.0 Å². The third-order valence-electron chi connectivity index (χ3n) is 4.93. The first kappa shape index (κ1) is 23.1. The van der Waals surface area contributed by atoms with E-state index < -0.39 is 27.7 Å². The normalized spacial score (nSPS) is 14.6. The van der Waals surface area contributed by atoms with Gasteiger partial charge in [0.15, 0.2) is 0 Å². The fourth-order valence-corrected chi connectivity index (χ4v) is 4.01. The number of carbonyl (C=O) groups is 2. The highest BCUT2D eigenvalue weighted by atomic mass is 32.2. The second kappa shape index (κ2) is 9.84. The Hall–Kier alpha value is -4.05. The summed E-state index contributed by atoms with van der Waals surface area (Å²) in [5.41, 5.74) is 1.27. The van der Waals surface area contributed by atoms with Crippen molar-refractivity contribution < 1.29 is 28.0 Å². The molecule has 0 aromatic heterocycles. The van der Waals surface area contributed by atoms with Crippen LogP contribution in [-0.4, -0.2) is 21.0 Å². The molecule has 1 heterocycles. The van der Waals surface area contributed by atoms with Crippen LogP contribution in [0.5, 0.6) is 5.75 Å². The number of nitrogens with zero attached hydrogens (tertiary/aromatic N) is 2. The molecule has 0 bridgehead atoms. The molecular weight excluding hydrogens is 466 g/mol. The summed E-state index contributed by atoms with van der Waals surface area (Å²) in [4.78, 5) is 37.1. The number of halogens is 2. The predicted octanol–water partition coefficient (Wildman–Crippen LogP) is 5.69. The summed E-state index contributed by atoms with van der Waals surface area (Å²) < 4.78 is 32.0. The van der Waals surface area contributed by atoms with E-state index in [-0.39, 0.29) is 35.1 Å². The summed E-state index contributed by atoms with van der Waals surface area (Å²) in [5.74, 6) is -1.15. The average molecular weight is 482 g/mol. The van der Waals surface area contributed by atoms with Gasteiger partial charge >= 0.3 is 0 Å². The zero-order chi connectivity index (χ0) is 24.2. The predicted molar refractivity (Wildman–Crippen MR) is 122 cm³/mol. The van der Waals surface area contributed by atoms with Gasteiger partial charge < -0.3 is 4.74 Å². The maximum absolute atomic E-state index is 13.1. The van der Waals surface area contributed by atoms with Crippen molar-refractivity contribution in [3.05, 3.63) is 110 Å². The number of carbonyl (C=O) groups excluding carboxylic acids is 2. The highest BCUT2D eigenvalue weighted by Gasteiger charge is 2.35. The van der Waals surface area contributed by atoms with Gasteiger partial charge in [-0.05, 0) is 59.3 Å². The number of nitro benzene ring substituents is 1. The number of thioether (sulfide) groups is 1. The van der Waals surface area contributed by atoms with Crippen LogP contribution in [0, 0.1) is 21.7 Å². The Bertz CT molecular complexity index is 1290. The third-order valence-corrected chi connectivity index (χ3v) is 5.83. The fraction of sp³-hybridized carbons (Fsp3) is 0.0833. The summed E-state index contributed by atoms with van der Waals surface area (Å²) in [5, 5.41) is 10.7. The minimum atomic E-state index is -0.582. The lowest BCUT2D eigenvalue weighted by Crippen LogP contribution is -2.27. The van der Waals surface area contributed by atoms with Crippen molar-refractivity contribution in [2.24, 2.45) is 0 Å². The van der Waals surface area contributed by atoms with E-state index in [1.807, 2.05) is 0 Å². The number of imide groups is 1. The van der Waals surface area contributed by atoms with Crippen LogP contribution in [0.15, 0.2) is 71.6 Å². The molecule has 2 amide bonds. The summed E-state index contributed by atoms with van der Waals surface area (Å²) in [6.45, 7) is 0.0239. The lowest BCUT2D eigenvalue weighted by molar-refractivity contribution is -0.384. The Morgan fingerprint density at radius 2 is 1.56 bits per heavy atom. The molecule has 10 heteroatoms. The Balaban J connectivity index is 1.59. The van der Waals surface area contributed by atoms with Crippen LogP contribution in [0.2, 0.25) is 0 Å². The van der Waals surface area contributed by atoms with E-state index in [4.69, 9.17) is 4.74 Å². The summed E-state index contributed by atoms with van der Waals surface area (Å²) >= 11 is 0.695. The topological polar surface area (TPSA) is 89.7 Å². The first-order chi connectivity index (χ1) is 16.3. The van der Waals surface area contributed by atoms with E-state index in [9.17, 15) is 28.5 Å². The molecule has 1 fully saturated rings. The van der Waals surface area contributed by atoms with Crippen molar-refractivity contribution in [2.45, 2.75) is 13.2 Å². The molecule has 172 valence electrons. The maximum atomic E-state index is 13.1. The van der Waals surface area contributed by atoms with Crippen molar-refractivity contribution in [1.29, 1.82) is 0 Å². The minimum Gasteiger partial charge on any atom is -0.488 e. The Morgan fingerprint density at radius 1 is 0.941 bits per heavy atom. The molecule has 34 heavy (non-hydrogen) atoms. The zero-order valence-corrected chi connectivity index (χ0v) is 18.3. The molecule has 0 spiro atoms. The van der Waals surface area contributed by atoms with Crippen molar-refractivity contribution in [3.63, 3.8) is 0 Å². The number of nitro groups is 1. The molecule has 3 aromatic rings. The van der Waals surface area contributed by atoms with E-state index in [1.165, 1.54) is 60.7 Å². The largest absolute Gasteiger partial charge is 0.488 e. The molecular formula is C24H16F2N2O5S. The van der Waals surface area contributed by atoms with E-state index in [2.05, 4.69) is 0 Å². The Morgan fingerprint density at radius 3 is 2.18 bits per heavy atom. The Kier molecular flexibility index (Phi) is 6.69. The molecule has 0 saturated carbocycles. The second-order valence-electron chi connectivity index (χ2n) is 7.29. The van der Waals surface area contributed by atoms with Gasteiger partial charge in [0.2, 0.25) is 0 Å². The fourth-order valence-electron chi connectivity index (χ4n) is 3.19. The van der Waals surface area contributed by atoms with Crippen LogP contribution >= 0.6 is 11.8 Å². The third kappa shape index (κ3) is 5.29. The van der Waals surface area contributed by atoms with Crippen LogP contribution in [0.3, 0.4) is 0 Å². The molecule has 4 rings (SSSR count). The molecule has 0 N–H and O–H groups in total. The first-order valence-electron chi connectivity index (χ1n) is 9.95. The van der Waals surface area contributed by atoms with Gasteiger partial charge in [0.05, 0.1) is 16.4 Å². The van der Waals surface area contributed by atoms with Crippen molar-refractivity contribution in [3.8, 4) is 5.75 Å². The molecule has 1 aliphatic heterocycles. The number of non-ortho nitro benzene ring substituents is 1. The lowest BCUT2D eigenvalue weighted by Gasteiger charge is -2.12. The zero-order valence-electron chi connectivity index (χ0n) is 17.4. The van der Waals surface area contributed by atoms with Gasteiger partial charge in [0.25, 0.3) is 16.8 Å². The first-order valence-corrected chi connectivity index (χ1v) is 10.8. The van der Waals surface area contributed by atoms with Gasteiger partial charge in [-0.1, -0.05) is 24.3 Å². The monoisotopic (exact) mass is 482 g/mol. The molecule has 0 radical (unpaired) electrons. The molecule has 3 aromatic carbocycles. The quantitative estimate of drug-likeness (QED) is 0.244. The van der Waals surface area contributed by atoms with E-state index in [0.717, 1.165) is 4.90 Å². The van der Waals surface area contributed by atoms with Gasteiger partial charge in [-0.25, -0.2) is 8.78 Å². The van der Waals surface area contributed by atoms with Gasteiger partial charge in [0, 0.05) is 17.7 Å². The summed E-state index contributed by atoms with van der Waals surface area (Å²) in [6.07, 6.45) is 1.36. The van der Waals surface area contributed by atoms with E-state index in [1.54, 1.807) is 12.1 Å². The number of ether oxygens (including phenoxy) is 1. The van der Waals surface area contributed by atoms with Gasteiger partial charge in [-0.15, -0.1) is 0 Å². The van der Waals surface area contributed by atoms with Gasteiger partial charge in [-0.3, -0.25) is 24.6 Å². The summed E-state index contributed by atoms with van der Waals surface area (Å²) in [6, 6.07) is 15.0. The Labute approximate surface area is 196 Å². The van der Waals surface area contributed by atoms with Crippen LogP contribution in [-0.2, 0) is 17.9 Å². The van der Waals surface area contributed by atoms with E-state index >= 15 is 0 Å².